The van der Waals surface area contributed by atoms with E-state index in [4.69, 9.17) is 15.2 Å². The van der Waals surface area contributed by atoms with Crippen molar-refractivity contribution in [3.63, 3.8) is 0 Å². The summed E-state index contributed by atoms with van der Waals surface area (Å²) in [4.78, 5) is 27.5. The zero-order valence-electron chi connectivity index (χ0n) is 14.3. The first-order chi connectivity index (χ1) is 12.6. The fourth-order valence-electron chi connectivity index (χ4n) is 3.33. The molecule has 1 saturated heterocycles. The van der Waals surface area contributed by atoms with Gasteiger partial charge in [-0.15, -0.1) is 11.3 Å². The minimum Gasteiger partial charge on any atom is -0.486 e. The normalized spacial score (nSPS) is 17.2. The average molecular weight is 372 g/mol. The van der Waals surface area contributed by atoms with Crippen molar-refractivity contribution in [1.82, 2.24) is 4.90 Å². The molecule has 0 atom stereocenters. The number of likely N-dealkylation sites (tertiary alicyclic amines) is 1. The second-order valence-electron chi connectivity index (χ2n) is 6.49. The third-order valence-electron chi connectivity index (χ3n) is 4.83. The number of fused-ring (bicyclic) bond motifs is 1. The lowest BCUT2D eigenvalue weighted by Crippen LogP contribution is -2.41. The van der Waals surface area contributed by atoms with E-state index in [2.05, 4.69) is 0 Å². The van der Waals surface area contributed by atoms with Crippen LogP contribution in [-0.2, 0) is 4.79 Å². The lowest BCUT2D eigenvalue weighted by atomic mass is 9.96. The number of primary amides is 1. The monoisotopic (exact) mass is 372 g/mol. The van der Waals surface area contributed by atoms with Gasteiger partial charge in [-0.1, -0.05) is 0 Å². The van der Waals surface area contributed by atoms with Crippen molar-refractivity contribution in [1.29, 1.82) is 0 Å². The highest BCUT2D eigenvalue weighted by molar-refractivity contribution is 7.17. The molecular formula is C19H20N2O4S. The molecule has 1 aromatic heterocycles. The Morgan fingerprint density at radius 3 is 2.50 bits per heavy atom. The Labute approximate surface area is 155 Å². The summed E-state index contributed by atoms with van der Waals surface area (Å²) in [6.07, 6.45) is 1.28. The highest BCUT2D eigenvalue weighted by Crippen LogP contribution is 2.37. The van der Waals surface area contributed by atoms with E-state index in [1.54, 1.807) is 4.90 Å². The van der Waals surface area contributed by atoms with Crippen molar-refractivity contribution in [3.05, 3.63) is 35.2 Å². The number of rotatable bonds is 3. The first kappa shape index (κ1) is 16.9. The number of benzene rings is 1. The first-order valence-electron chi connectivity index (χ1n) is 8.70. The van der Waals surface area contributed by atoms with Gasteiger partial charge in [0.1, 0.15) is 13.2 Å². The Morgan fingerprint density at radius 2 is 1.77 bits per heavy atom. The molecule has 3 heterocycles. The summed E-state index contributed by atoms with van der Waals surface area (Å²) in [6.45, 7) is 2.26. The van der Waals surface area contributed by atoms with Gasteiger partial charge in [-0.05, 0) is 48.7 Å². The molecule has 1 aromatic carbocycles. The number of thiophene rings is 1. The number of hydrogen-bond acceptors (Lipinski definition) is 5. The largest absolute Gasteiger partial charge is 0.486 e. The Balaban J connectivity index is 1.48. The fraction of sp³-hybridized carbons (Fsp3) is 0.368. The van der Waals surface area contributed by atoms with Gasteiger partial charge in [-0.25, -0.2) is 0 Å². The van der Waals surface area contributed by atoms with Crippen molar-refractivity contribution in [2.24, 2.45) is 11.7 Å². The zero-order chi connectivity index (χ0) is 18.1. The van der Waals surface area contributed by atoms with Crippen molar-refractivity contribution >= 4 is 23.2 Å². The number of amides is 2. The van der Waals surface area contributed by atoms with Crippen LogP contribution in [0.2, 0.25) is 0 Å². The lowest BCUT2D eigenvalue weighted by Gasteiger charge is -2.30. The maximum Gasteiger partial charge on any atom is 0.263 e. The van der Waals surface area contributed by atoms with Crippen LogP contribution in [0, 0.1) is 5.92 Å². The van der Waals surface area contributed by atoms with E-state index in [9.17, 15) is 9.59 Å². The van der Waals surface area contributed by atoms with Crippen LogP contribution in [0.25, 0.3) is 10.4 Å². The van der Waals surface area contributed by atoms with Crippen LogP contribution < -0.4 is 15.2 Å². The predicted molar refractivity (Wildman–Crippen MR) is 98.6 cm³/mol. The van der Waals surface area contributed by atoms with Gasteiger partial charge < -0.3 is 20.1 Å². The van der Waals surface area contributed by atoms with Crippen LogP contribution in [-0.4, -0.2) is 43.0 Å². The van der Waals surface area contributed by atoms with E-state index in [0.717, 1.165) is 21.9 Å². The third-order valence-corrected chi connectivity index (χ3v) is 5.95. The van der Waals surface area contributed by atoms with Crippen molar-refractivity contribution in [2.75, 3.05) is 26.3 Å². The SMILES string of the molecule is NC(=O)C1CCN(C(=O)c2ccc(-c3ccc4c(c3)OCCO4)s2)CC1. The molecule has 0 bridgehead atoms. The molecule has 2 N–H and O–H groups in total. The number of carbonyl (C=O) groups is 2. The van der Waals surface area contributed by atoms with E-state index in [1.807, 2.05) is 30.3 Å². The van der Waals surface area contributed by atoms with Gasteiger partial charge in [-0.3, -0.25) is 9.59 Å². The molecule has 0 radical (unpaired) electrons. The molecule has 2 amide bonds. The third kappa shape index (κ3) is 3.26. The summed E-state index contributed by atoms with van der Waals surface area (Å²) >= 11 is 1.47. The summed E-state index contributed by atoms with van der Waals surface area (Å²) in [5.41, 5.74) is 6.36. The van der Waals surface area contributed by atoms with Crippen LogP contribution in [0.1, 0.15) is 22.5 Å². The van der Waals surface area contributed by atoms with Gasteiger partial charge in [-0.2, -0.15) is 0 Å². The number of ether oxygens (including phenoxy) is 2. The quantitative estimate of drug-likeness (QED) is 0.898. The van der Waals surface area contributed by atoms with Crippen molar-refractivity contribution in [3.8, 4) is 21.9 Å². The molecule has 26 heavy (non-hydrogen) atoms. The van der Waals surface area contributed by atoms with Gasteiger partial charge in [0.2, 0.25) is 5.91 Å². The van der Waals surface area contributed by atoms with Gasteiger partial charge in [0.25, 0.3) is 5.91 Å². The molecule has 2 aliphatic heterocycles. The average Bonchev–Trinajstić information content (AvgIpc) is 3.17. The van der Waals surface area contributed by atoms with E-state index in [1.165, 1.54) is 11.3 Å². The Bertz CT molecular complexity index is 840. The molecule has 6 nitrogen and oxygen atoms in total. The van der Waals surface area contributed by atoms with E-state index in [0.29, 0.717) is 44.0 Å². The maximum atomic E-state index is 12.7. The fourth-order valence-corrected chi connectivity index (χ4v) is 4.30. The molecular weight excluding hydrogens is 352 g/mol. The van der Waals surface area contributed by atoms with E-state index in [-0.39, 0.29) is 17.7 Å². The van der Waals surface area contributed by atoms with Gasteiger partial charge >= 0.3 is 0 Å². The summed E-state index contributed by atoms with van der Waals surface area (Å²) < 4.78 is 11.2. The molecule has 0 spiro atoms. The topological polar surface area (TPSA) is 81.9 Å². The summed E-state index contributed by atoms with van der Waals surface area (Å²) in [5.74, 6) is 1.13. The van der Waals surface area contributed by atoms with Gasteiger partial charge in [0, 0.05) is 23.9 Å². The molecule has 1 fully saturated rings. The number of carbonyl (C=O) groups excluding carboxylic acids is 2. The molecule has 0 saturated carbocycles. The van der Waals surface area contributed by atoms with Crippen LogP contribution >= 0.6 is 11.3 Å². The van der Waals surface area contributed by atoms with Crippen molar-refractivity contribution < 1.29 is 19.1 Å². The molecule has 4 rings (SSSR count). The smallest absolute Gasteiger partial charge is 0.263 e. The highest BCUT2D eigenvalue weighted by atomic mass is 32.1. The Morgan fingerprint density at radius 1 is 1.04 bits per heavy atom. The van der Waals surface area contributed by atoms with Gasteiger partial charge in [0.05, 0.1) is 4.88 Å². The van der Waals surface area contributed by atoms with E-state index >= 15 is 0 Å². The van der Waals surface area contributed by atoms with Crippen LogP contribution in [0.3, 0.4) is 0 Å². The summed E-state index contributed by atoms with van der Waals surface area (Å²) in [7, 11) is 0. The van der Waals surface area contributed by atoms with E-state index < -0.39 is 0 Å². The second-order valence-corrected chi connectivity index (χ2v) is 7.57. The Hall–Kier alpha value is -2.54. The van der Waals surface area contributed by atoms with Crippen LogP contribution in [0.4, 0.5) is 0 Å². The molecule has 0 aliphatic carbocycles. The van der Waals surface area contributed by atoms with Crippen molar-refractivity contribution in [2.45, 2.75) is 12.8 Å². The molecule has 2 aliphatic rings. The van der Waals surface area contributed by atoms with Crippen LogP contribution in [0.5, 0.6) is 11.5 Å². The van der Waals surface area contributed by atoms with Crippen LogP contribution in [0.15, 0.2) is 30.3 Å². The predicted octanol–water partition coefficient (Wildman–Crippen LogP) is 2.52. The minimum atomic E-state index is -0.269. The molecule has 0 unspecified atom stereocenters. The first-order valence-corrected chi connectivity index (χ1v) is 9.52. The highest BCUT2D eigenvalue weighted by Gasteiger charge is 2.27. The molecule has 136 valence electrons. The summed E-state index contributed by atoms with van der Waals surface area (Å²) in [6, 6.07) is 9.65. The lowest BCUT2D eigenvalue weighted by molar-refractivity contribution is -0.123. The minimum absolute atomic E-state index is 0.0155. The number of piperidine rings is 1. The zero-order valence-corrected chi connectivity index (χ0v) is 15.1. The molecule has 2 aromatic rings. The van der Waals surface area contributed by atoms with Gasteiger partial charge in [0.15, 0.2) is 11.5 Å². The standard InChI is InChI=1S/C19H20N2O4S/c20-18(22)12-5-7-21(8-6-12)19(23)17-4-3-16(26-17)13-1-2-14-15(11-13)25-10-9-24-14/h1-4,11-12H,5-10H2,(H2,20,22). The second kappa shape index (κ2) is 6.99. The Kier molecular flexibility index (Phi) is 4.55. The number of hydrogen-bond donors (Lipinski definition) is 1. The number of nitrogens with two attached hydrogens (primary N) is 1. The summed E-state index contributed by atoms with van der Waals surface area (Å²) in [5, 5.41) is 0. The maximum absolute atomic E-state index is 12.7. The number of nitrogens with zero attached hydrogens (tertiary/aromatic N) is 1. The molecule has 7 heteroatoms.